The Balaban J connectivity index is 1.68. The maximum absolute atomic E-state index is 13.1. The fraction of sp³-hybridized carbons (Fsp3) is 0.368. The average Bonchev–Trinajstić information content (AvgIpc) is 2.64. The minimum absolute atomic E-state index is 0.0688. The third-order valence-electron chi connectivity index (χ3n) is 4.77. The standard InChI is InChI=1S/C19H22FN3O2/c1-25-17-12-23(19(24)16-3-2-9-22-18(16)21)10-8-14(17)11-13-4-6-15(20)7-5-13/h2-7,9,14,17H,8,10-12H2,1H3,(H2,21,22)/t14-,17-/m1/s1. The van der Waals surface area contributed by atoms with Crippen molar-refractivity contribution in [3.8, 4) is 0 Å². The lowest BCUT2D eigenvalue weighted by Crippen LogP contribution is -2.48. The number of nitrogens with two attached hydrogens (primary N) is 1. The van der Waals surface area contributed by atoms with Crippen LogP contribution in [0.25, 0.3) is 0 Å². The highest BCUT2D eigenvalue weighted by molar-refractivity contribution is 5.98. The maximum atomic E-state index is 13.1. The Bertz CT molecular complexity index is 736. The van der Waals surface area contributed by atoms with Crippen molar-refractivity contribution in [2.24, 2.45) is 5.92 Å². The number of halogens is 1. The average molecular weight is 343 g/mol. The molecule has 0 spiro atoms. The van der Waals surface area contributed by atoms with Crippen molar-refractivity contribution in [3.05, 3.63) is 59.5 Å². The molecular weight excluding hydrogens is 321 g/mol. The van der Waals surface area contributed by atoms with Crippen LogP contribution in [0, 0.1) is 11.7 Å². The largest absolute Gasteiger partial charge is 0.383 e. The normalized spacial score (nSPS) is 20.5. The van der Waals surface area contributed by atoms with E-state index in [9.17, 15) is 9.18 Å². The molecule has 1 saturated heterocycles. The lowest BCUT2D eigenvalue weighted by molar-refractivity contribution is -0.00694. The summed E-state index contributed by atoms with van der Waals surface area (Å²) in [4.78, 5) is 18.4. The van der Waals surface area contributed by atoms with Crippen molar-refractivity contribution >= 4 is 11.7 Å². The zero-order valence-corrected chi connectivity index (χ0v) is 14.2. The van der Waals surface area contributed by atoms with Crippen LogP contribution in [0.2, 0.25) is 0 Å². The summed E-state index contributed by atoms with van der Waals surface area (Å²) in [6.07, 6.45) is 3.12. The molecule has 1 fully saturated rings. The van der Waals surface area contributed by atoms with Crippen molar-refractivity contribution in [1.82, 2.24) is 9.88 Å². The van der Waals surface area contributed by atoms with E-state index in [1.54, 1.807) is 42.5 Å². The van der Waals surface area contributed by atoms with Gasteiger partial charge in [-0.05, 0) is 48.6 Å². The van der Waals surface area contributed by atoms with Crippen molar-refractivity contribution < 1.29 is 13.9 Å². The molecule has 1 amide bonds. The number of hydrogen-bond acceptors (Lipinski definition) is 4. The Morgan fingerprint density at radius 3 is 2.80 bits per heavy atom. The quantitative estimate of drug-likeness (QED) is 0.926. The van der Waals surface area contributed by atoms with Crippen molar-refractivity contribution in [1.29, 1.82) is 0 Å². The molecule has 25 heavy (non-hydrogen) atoms. The lowest BCUT2D eigenvalue weighted by Gasteiger charge is -2.38. The molecule has 2 heterocycles. The molecule has 1 aliphatic heterocycles. The van der Waals surface area contributed by atoms with Crippen LogP contribution in [0.1, 0.15) is 22.3 Å². The molecule has 6 heteroatoms. The van der Waals surface area contributed by atoms with Gasteiger partial charge in [0.05, 0.1) is 11.7 Å². The minimum Gasteiger partial charge on any atom is -0.383 e. The van der Waals surface area contributed by atoms with Crippen LogP contribution in [0.3, 0.4) is 0 Å². The molecule has 0 bridgehead atoms. The van der Waals surface area contributed by atoms with Gasteiger partial charge < -0.3 is 15.4 Å². The topological polar surface area (TPSA) is 68.5 Å². The van der Waals surface area contributed by atoms with E-state index in [-0.39, 0.29) is 29.6 Å². The summed E-state index contributed by atoms with van der Waals surface area (Å²) in [5, 5.41) is 0. The van der Waals surface area contributed by atoms with Crippen molar-refractivity contribution in [2.75, 3.05) is 25.9 Å². The molecule has 2 aromatic rings. The second kappa shape index (κ2) is 7.61. The molecule has 132 valence electrons. The maximum Gasteiger partial charge on any atom is 0.257 e. The Morgan fingerprint density at radius 1 is 1.36 bits per heavy atom. The van der Waals surface area contributed by atoms with Gasteiger partial charge in [-0.1, -0.05) is 12.1 Å². The number of hydrogen-bond donors (Lipinski definition) is 1. The monoisotopic (exact) mass is 343 g/mol. The first kappa shape index (κ1) is 17.4. The Hall–Kier alpha value is -2.47. The summed E-state index contributed by atoms with van der Waals surface area (Å²) < 4.78 is 18.7. The van der Waals surface area contributed by atoms with Crippen LogP contribution >= 0.6 is 0 Å². The highest BCUT2D eigenvalue weighted by Crippen LogP contribution is 2.26. The Labute approximate surface area is 146 Å². The number of amides is 1. The highest BCUT2D eigenvalue weighted by atomic mass is 19.1. The first-order valence-electron chi connectivity index (χ1n) is 8.35. The predicted octanol–water partition coefficient (Wildman–Crippen LogP) is 2.52. The molecule has 0 saturated carbocycles. The highest BCUT2D eigenvalue weighted by Gasteiger charge is 2.32. The molecule has 0 unspecified atom stereocenters. The number of nitrogens with zero attached hydrogens (tertiary/aromatic N) is 2. The first-order chi connectivity index (χ1) is 12.1. The summed E-state index contributed by atoms with van der Waals surface area (Å²) >= 11 is 0. The van der Waals surface area contributed by atoms with Gasteiger partial charge in [0.2, 0.25) is 0 Å². The van der Waals surface area contributed by atoms with E-state index in [1.165, 1.54) is 12.1 Å². The number of nitrogen functional groups attached to an aromatic ring is 1. The second-order valence-corrected chi connectivity index (χ2v) is 6.34. The molecule has 0 aliphatic carbocycles. The molecule has 2 N–H and O–H groups in total. The fourth-order valence-electron chi connectivity index (χ4n) is 3.34. The molecular formula is C19H22FN3O2. The molecule has 1 aromatic heterocycles. The lowest BCUT2D eigenvalue weighted by atomic mass is 9.87. The number of benzene rings is 1. The van der Waals surface area contributed by atoms with E-state index >= 15 is 0 Å². The molecule has 1 aliphatic rings. The third-order valence-corrected chi connectivity index (χ3v) is 4.77. The number of pyridine rings is 1. The number of piperidine rings is 1. The predicted molar refractivity (Wildman–Crippen MR) is 93.6 cm³/mol. The molecule has 1 aromatic carbocycles. The summed E-state index contributed by atoms with van der Waals surface area (Å²) in [5.41, 5.74) is 7.32. The molecule has 3 rings (SSSR count). The summed E-state index contributed by atoms with van der Waals surface area (Å²) in [5.74, 6) is 0.176. The van der Waals surface area contributed by atoms with Crippen LogP contribution in [0.5, 0.6) is 0 Å². The third kappa shape index (κ3) is 3.96. The van der Waals surface area contributed by atoms with Gasteiger partial charge in [-0.3, -0.25) is 4.79 Å². The zero-order valence-electron chi connectivity index (χ0n) is 14.2. The van der Waals surface area contributed by atoms with E-state index in [4.69, 9.17) is 10.5 Å². The Morgan fingerprint density at radius 2 is 2.12 bits per heavy atom. The first-order valence-corrected chi connectivity index (χ1v) is 8.35. The molecule has 0 radical (unpaired) electrons. The number of carbonyl (C=O) groups is 1. The van der Waals surface area contributed by atoms with Crippen LogP contribution in [0.4, 0.5) is 10.2 Å². The number of rotatable bonds is 4. The van der Waals surface area contributed by atoms with Crippen LogP contribution in [-0.4, -0.2) is 42.1 Å². The summed E-state index contributed by atoms with van der Waals surface area (Å²) in [6, 6.07) is 9.95. The number of anilines is 1. The smallest absolute Gasteiger partial charge is 0.257 e. The number of aromatic nitrogens is 1. The zero-order chi connectivity index (χ0) is 17.8. The van der Waals surface area contributed by atoms with Crippen LogP contribution in [-0.2, 0) is 11.2 Å². The SMILES string of the molecule is CO[C@@H]1CN(C(=O)c2cccnc2N)CC[C@@H]1Cc1ccc(F)cc1. The van der Waals surface area contributed by atoms with Crippen LogP contribution in [0.15, 0.2) is 42.6 Å². The Kier molecular flexibility index (Phi) is 5.28. The van der Waals surface area contributed by atoms with Crippen LogP contribution < -0.4 is 5.73 Å². The molecule has 2 atom stereocenters. The van der Waals surface area contributed by atoms with Gasteiger partial charge in [0.15, 0.2) is 0 Å². The number of carbonyl (C=O) groups excluding carboxylic acids is 1. The van der Waals surface area contributed by atoms with Crippen molar-refractivity contribution in [3.63, 3.8) is 0 Å². The fourth-order valence-corrected chi connectivity index (χ4v) is 3.34. The summed E-state index contributed by atoms with van der Waals surface area (Å²) in [7, 11) is 1.66. The van der Waals surface area contributed by atoms with E-state index in [0.717, 1.165) is 18.4 Å². The van der Waals surface area contributed by atoms with E-state index < -0.39 is 0 Å². The van der Waals surface area contributed by atoms with Gasteiger partial charge in [0.25, 0.3) is 5.91 Å². The van der Waals surface area contributed by atoms with Gasteiger partial charge in [-0.25, -0.2) is 9.37 Å². The van der Waals surface area contributed by atoms with Gasteiger partial charge in [-0.2, -0.15) is 0 Å². The van der Waals surface area contributed by atoms with Gasteiger partial charge >= 0.3 is 0 Å². The van der Waals surface area contributed by atoms with Gasteiger partial charge in [0, 0.05) is 26.4 Å². The van der Waals surface area contributed by atoms with E-state index in [2.05, 4.69) is 4.98 Å². The van der Waals surface area contributed by atoms with Crippen molar-refractivity contribution in [2.45, 2.75) is 18.9 Å². The number of likely N-dealkylation sites (tertiary alicyclic amines) is 1. The second-order valence-electron chi connectivity index (χ2n) is 6.34. The minimum atomic E-state index is -0.235. The number of ether oxygens (including phenoxy) is 1. The molecule has 5 nitrogen and oxygen atoms in total. The van der Waals surface area contributed by atoms with Gasteiger partial charge in [0.1, 0.15) is 11.6 Å². The van der Waals surface area contributed by atoms with E-state index in [0.29, 0.717) is 18.7 Å². The van der Waals surface area contributed by atoms with Gasteiger partial charge in [-0.15, -0.1) is 0 Å². The van der Waals surface area contributed by atoms with E-state index in [1.807, 2.05) is 0 Å². The number of methoxy groups -OCH3 is 1. The summed E-state index contributed by atoms with van der Waals surface area (Å²) in [6.45, 7) is 1.15.